The Morgan fingerprint density at radius 3 is 2.81 bits per heavy atom. The van der Waals surface area contributed by atoms with Crippen LogP contribution in [0.3, 0.4) is 0 Å². The highest BCUT2D eigenvalue weighted by atomic mass is 32.2. The maximum absolute atomic E-state index is 15.2. The number of aromatic amines is 1. The second-order valence-electron chi connectivity index (χ2n) is 8.14. The summed E-state index contributed by atoms with van der Waals surface area (Å²) in [6.07, 6.45) is 7.95. The van der Waals surface area contributed by atoms with E-state index < -0.39 is 26.3 Å². The highest BCUT2D eigenvalue weighted by Gasteiger charge is 2.41. The predicted molar refractivity (Wildman–Crippen MR) is 117 cm³/mol. The summed E-state index contributed by atoms with van der Waals surface area (Å²) >= 11 is 0. The Balaban J connectivity index is 1.64. The summed E-state index contributed by atoms with van der Waals surface area (Å²) < 4.78 is 49.2. The molecule has 0 bridgehead atoms. The van der Waals surface area contributed by atoms with E-state index in [4.69, 9.17) is 10.5 Å². The quantitative estimate of drug-likeness (QED) is 0.512. The van der Waals surface area contributed by atoms with Crippen molar-refractivity contribution in [3.63, 3.8) is 0 Å². The van der Waals surface area contributed by atoms with Crippen molar-refractivity contribution in [2.24, 2.45) is 0 Å². The fourth-order valence-corrected chi connectivity index (χ4v) is 5.40. The molecule has 3 aromatic rings. The van der Waals surface area contributed by atoms with E-state index in [0.717, 1.165) is 31.2 Å². The molecule has 1 aliphatic rings. The second kappa shape index (κ2) is 8.38. The molecular weight excluding hydrogens is 435 g/mol. The van der Waals surface area contributed by atoms with Gasteiger partial charge in [0.25, 0.3) is 10.0 Å². The minimum Gasteiger partial charge on any atom is -0.487 e. The van der Waals surface area contributed by atoms with Gasteiger partial charge in [0.2, 0.25) is 0 Å². The molecule has 1 aliphatic carbocycles. The van der Waals surface area contributed by atoms with Gasteiger partial charge in [0, 0.05) is 29.4 Å². The maximum atomic E-state index is 15.2. The summed E-state index contributed by atoms with van der Waals surface area (Å²) in [7, 11) is -4.18. The van der Waals surface area contributed by atoms with E-state index in [-0.39, 0.29) is 17.3 Å². The van der Waals surface area contributed by atoms with Crippen LogP contribution in [0.4, 0.5) is 16.0 Å². The summed E-state index contributed by atoms with van der Waals surface area (Å²) in [4.78, 5) is 7.07. The first-order chi connectivity index (χ1) is 15.2. The number of aromatic nitrogens is 4. The molecule has 32 heavy (non-hydrogen) atoms. The molecule has 9 nitrogen and oxygen atoms in total. The van der Waals surface area contributed by atoms with Gasteiger partial charge in [0.1, 0.15) is 40.0 Å². The van der Waals surface area contributed by atoms with Crippen LogP contribution in [0.1, 0.15) is 49.7 Å². The highest BCUT2D eigenvalue weighted by Crippen LogP contribution is 2.45. The first kappa shape index (κ1) is 22.0. The number of nitrogens with one attached hydrogen (secondary N) is 2. The highest BCUT2D eigenvalue weighted by molar-refractivity contribution is 7.92. The van der Waals surface area contributed by atoms with Crippen molar-refractivity contribution < 1.29 is 17.5 Å². The smallest absolute Gasteiger partial charge is 0.265 e. The summed E-state index contributed by atoms with van der Waals surface area (Å²) in [6, 6.07) is 4.07. The van der Waals surface area contributed by atoms with E-state index in [9.17, 15) is 8.42 Å². The average molecular weight is 461 g/mol. The van der Waals surface area contributed by atoms with Crippen molar-refractivity contribution in [1.82, 2.24) is 20.2 Å². The molecule has 11 heteroatoms. The molecule has 2 heterocycles. The Labute approximate surface area is 185 Å². The molecule has 1 saturated carbocycles. The van der Waals surface area contributed by atoms with Gasteiger partial charge in [-0.3, -0.25) is 9.82 Å². The van der Waals surface area contributed by atoms with Crippen molar-refractivity contribution in [1.29, 1.82) is 0 Å². The third kappa shape index (κ3) is 4.12. The lowest BCUT2D eigenvalue weighted by Crippen LogP contribution is -2.42. The first-order valence-electron chi connectivity index (χ1n) is 10.3. The average Bonchev–Trinajstić information content (AvgIpc) is 3.17. The molecule has 0 unspecified atom stereocenters. The fourth-order valence-electron chi connectivity index (χ4n) is 4.26. The number of benzene rings is 1. The van der Waals surface area contributed by atoms with Gasteiger partial charge in [-0.1, -0.05) is 6.42 Å². The van der Waals surface area contributed by atoms with Crippen molar-refractivity contribution in [2.45, 2.75) is 55.9 Å². The molecule has 4 N–H and O–H groups in total. The molecule has 0 saturated heterocycles. The third-order valence-corrected chi connectivity index (χ3v) is 7.36. The fraction of sp³-hybridized carbons (Fsp3) is 0.381. The Morgan fingerprint density at radius 2 is 2.12 bits per heavy atom. The summed E-state index contributed by atoms with van der Waals surface area (Å²) in [6.45, 7) is 3.48. The molecule has 170 valence electrons. The number of H-pyrrole nitrogens is 1. The first-order valence-corrected chi connectivity index (χ1v) is 11.8. The summed E-state index contributed by atoms with van der Waals surface area (Å²) in [5.41, 5.74) is 6.37. The van der Waals surface area contributed by atoms with Gasteiger partial charge in [-0.05, 0) is 51.3 Å². The van der Waals surface area contributed by atoms with Gasteiger partial charge in [-0.25, -0.2) is 22.8 Å². The second-order valence-corrected chi connectivity index (χ2v) is 9.79. The summed E-state index contributed by atoms with van der Waals surface area (Å²) in [5, 5.41) is 6.81. The minimum absolute atomic E-state index is 0.0275. The monoisotopic (exact) mass is 460 g/mol. The Hall–Kier alpha value is -3.21. The zero-order valence-electron chi connectivity index (χ0n) is 17.8. The number of halogens is 1. The third-order valence-electron chi connectivity index (χ3n) is 5.98. The van der Waals surface area contributed by atoms with Gasteiger partial charge in [-0.2, -0.15) is 5.10 Å². The Kier molecular flexibility index (Phi) is 5.76. The maximum Gasteiger partial charge on any atom is 0.265 e. The standard InChI is InChI=1S/C21H25FN6O3S/c1-13-16(31-21(2)9-4-3-5-15(21)14-11-26-27-20(14)23)6-7-17(19(13)22)32(29,30)28-18-8-10-24-12-25-18/h6-8,10-12,15H,3-5,9H2,1-2H3,(H3,23,26,27)(H,24,25,28)/t15-,21+/m1/s1. The van der Waals surface area contributed by atoms with E-state index in [2.05, 4.69) is 24.9 Å². The molecule has 1 aromatic carbocycles. The van der Waals surface area contributed by atoms with Crippen LogP contribution in [0.2, 0.25) is 0 Å². The number of hydrogen-bond donors (Lipinski definition) is 3. The van der Waals surface area contributed by atoms with Crippen LogP contribution in [-0.2, 0) is 10.0 Å². The number of hydrogen-bond acceptors (Lipinski definition) is 7. The SMILES string of the molecule is Cc1c(O[C@@]2(C)CCCC[C@@H]2c2c[nH]nc2N)ccc(S(=O)(=O)Nc2ccncn2)c1F. The molecule has 0 radical (unpaired) electrons. The molecule has 0 aliphatic heterocycles. The molecule has 1 fully saturated rings. The van der Waals surface area contributed by atoms with E-state index in [0.29, 0.717) is 11.6 Å². The van der Waals surface area contributed by atoms with Gasteiger partial charge < -0.3 is 10.5 Å². The molecular formula is C21H25FN6O3S. The van der Waals surface area contributed by atoms with Crippen LogP contribution in [0.25, 0.3) is 0 Å². The number of nitrogens with zero attached hydrogens (tertiary/aromatic N) is 3. The largest absolute Gasteiger partial charge is 0.487 e. The zero-order valence-corrected chi connectivity index (χ0v) is 18.6. The lowest BCUT2D eigenvalue weighted by Gasteiger charge is -2.41. The van der Waals surface area contributed by atoms with Gasteiger partial charge >= 0.3 is 0 Å². The van der Waals surface area contributed by atoms with E-state index in [1.807, 2.05) is 6.92 Å². The number of nitrogens with two attached hydrogens (primary N) is 1. The van der Waals surface area contributed by atoms with E-state index in [1.165, 1.54) is 37.6 Å². The van der Waals surface area contributed by atoms with Crippen molar-refractivity contribution >= 4 is 21.7 Å². The van der Waals surface area contributed by atoms with Crippen LogP contribution in [-0.4, -0.2) is 34.2 Å². The van der Waals surface area contributed by atoms with E-state index in [1.54, 1.807) is 6.20 Å². The van der Waals surface area contributed by atoms with Gasteiger partial charge in [0.15, 0.2) is 0 Å². The normalized spacial score (nSPS) is 21.3. The minimum atomic E-state index is -4.18. The van der Waals surface area contributed by atoms with Crippen LogP contribution in [0, 0.1) is 12.7 Å². The van der Waals surface area contributed by atoms with E-state index >= 15 is 4.39 Å². The molecule has 0 amide bonds. The van der Waals surface area contributed by atoms with Crippen molar-refractivity contribution in [3.8, 4) is 5.75 Å². The van der Waals surface area contributed by atoms with Crippen LogP contribution >= 0.6 is 0 Å². The van der Waals surface area contributed by atoms with Gasteiger partial charge in [0.05, 0.1) is 0 Å². The number of ether oxygens (including phenoxy) is 1. The van der Waals surface area contributed by atoms with Crippen LogP contribution < -0.4 is 15.2 Å². The lowest BCUT2D eigenvalue weighted by atomic mass is 9.73. The Bertz CT molecular complexity index is 1220. The van der Waals surface area contributed by atoms with Crippen molar-refractivity contribution in [3.05, 3.63) is 53.9 Å². The molecule has 0 spiro atoms. The molecule has 4 rings (SSSR count). The number of rotatable bonds is 6. The zero-order chi connectivity index (χ0) is 22.9. The Morgan fingerprint density at radius 1 is 1.31 bits per heavy atom. The summed E-state index contributed by atoms with van der Waals surface area (Å²) in [5.74, 6) is -0.136. The van der Waals surface area contributed by atoms with Crippen LogP contribution in [0.5, 0.6) is 5.75 Å². The number of anilines is 2. The number of nitrogen functional groups attached to an aromatic ring is 1. The lowest BCUT2D eigenvalue weighted by molar-refractivity contribution is 0.0252. The predicted octanol–water partition coefficient (Wildman–Crippen LogP) is 3.53. The van der Waals surface area contributed by atoms with Gasteiger partial charge in [-0.15, -0.1) is 0 Å². The number of sulfonamides is 1. The topological polar surface area (TPSA) is 136 Å². The molecule has 2 aromatic heterocycles. The molecule has 2 atom stereocenters. The van der Waals surface area contributed by atoms with Crippen molar-refractivity contribution in [2.75, 3.05) is 10.5 Å². The van der Waals surface area contributed by atoms with Crippen LogP contribution in [0.15, 0.2) is 41.8 Å².